The van der Waals surface area contributed by atoms with Crippen molar-refractivity contribution in [1.82, 2.24) is 4.57 Å². The molecule has 0 aliphatic heterocycles. The third-order valence-corrected chi connectivity index (χ3v) is 12.0. The van der Waals surface area contributed by atoms with Crippen molar-refractivity contribution in [3.05, 3.63) is 253 Å². The molecular formula is C57H38N2. The molecule has 0 bridgehead atoms. The maximum atomic E-state index is 10.3. The van der Waals surface area contributed by atoms with Crippen molar-refractivity contribution in [2.24, 2.45) is 0 Å². The molecule has 1 unspecified atom stereocenters. The fourth-order valence-corrected chi connectivity index (χ4v) is 9.58. The van der Waals surface area contributed by atoms with Crippen LogP contribution in [0.2, 0.25) is 0 Å². The Bertz CT molecular complexity index is 3810. The van der Waals surface area contributed by atoms with E-state index in [4.69, 9.17) is 4.11 Å². The van der Waals surface area contributed by atoms with Gasteiger partial charge in [0, 0.05) is 33.5 Å². The Morgan fingerprint density at radius 1 is 0.424 bits per heavy atom. The lowest BCUT2D eigenvalue weighted by molar-refractivity contribution is 0.773. The van der Waals surface area contributed by atoms with Crippen molar-refractivity contribution in [3.63, 3.8) is 0 Å². The number of fused-ring (bicyclic) bond motifs is 8. The van der Waals surface area contributed by atoms with Gasteiger partial charge >= 0.3 is 0 Å². The van der Waals surface area contributed by atoms with E-state index in [0.29, 0.717) is 0 Å². The summed E-state index contributed by atoms with van der Waals surface area (Å²) in [5.41, 5.74) is 8.45. The van der Waals surface area contributed by atoms with Gasteiger partial charge < -0.3 is 9.47 Å². The van der Waals surface area contributed by atoms with Gasteiger partial charge in [0.2, 0.25) is 0 Å². The van der Waals surface area contributed by atoms with Gasteiger partial charge in [0.15, 0.2) is 0 Å². The van der Waals surface area contributed by atoms with E-state index in [1.54, 1.807) is 0 Å². The van der Waals surface area contributed by atoms with Gasteiger partial charge in [-0.2, -0.15) is 0 Å². The smallest absolute Gasteiger partial charge is 0.0734 e. The number of nitrogens with zero attached hydrogens (tertiary/aromatic N) is 2. The van der Waals surface area contributed by atoms with E-state index in [0.717, 1.165) is 83.1 Å². The fraction of sp³-hybridized carbons (Fsp3) is 0.0175. The number of rotatable bonds is 6. The molecule has 1 aliphatic carbocycles. The largest absolute Gasteiger partial charge is 0.310 e. The summed E-state index contributed by atoms with van der Waals surface area (Å²) < 4.78 is 67.7. The molecule has 2 nitrogen and oxygen atoms in total. The molecule has 11 aromatic rings. The molecule has 276 valence electrons. The molecule has 0 spiro atoms. The Balaban J connectivity index is 1.26. The van der Waals surface area contributed by atoms with Gasteiger partial charge in [-0.3, -0.25) is 0 Å². The molecule has 0 amide bonds. The maximum absolute atomic E-state index is 10.3. The summed E-state index contributed by atoms with van der Waals surface area (Å²) in [5, 5.41) is 4.01. The first-order valence-electron chi connectivity index (χ1n) is 23.4. The molecule has 2 heteroatoms. The molecule has 0 fully saturated rings. The second-order valence-electron chi connectivity index (χ2n) is 15.1. The van der Waals surface area contributed by atoms with E-state index in [1.807, 2.05) is 78.9 Å². The van der Waals surface area contributed by atoms with Gasteiger partial charge in [-0.1, -0.05) is 170 Å². The van der Waals surface area contributed by atoms with Crippen molar-refractivity contribution < 1.29 is 9.60 Å². The highest BCUT2D eigenvalue weighted by Gasteiger charge is 2.48. The number of benzene rings is 10. The lowest BCUT2D eigenvalue weighted by atomic mass is 9.67. The zero-order valence-corrected chi connectivity index (χ0v) is 31.8. The highest BCUT2D eigenvalue weighted by atomic mass is 15.1. The Labute approximate surface area is 353 Å². The van der Waals surface area contributed by atoms with Crippen LogP contribution in [0.25, 0.3) is 60.2 Å². The van der Waals surface area contributed by atoms with Gasteiger partial charge in [0.25, 0.3) is 0 Å². The number of anilines is 3. The molecule has 1 heterocycles. The van der Waals surface area contributed by atoms with E-state index in [1.165, 1.54) is 0 Å². The SMILES string of the molecule is [2H]c1c([2H])c([2H])c2c([2H])c(C3(c4cccc5c6ccccc6n(-c6ccccc6)c45)c4ccccc4-c4cc(N(c5ccccc5)c5ccc6ccccc6c5)ccc43)c([2H])c([2H])c2c1[2H]. The van der Waals surface area contributed by atoms with Crippen LogP contribution in [0.4, 0.5) is 17.1 Å². The number of hydrogen-bond acceptors (Lipinski definition) is 1. The van der Waals surface area contributed by atoms with Gasteiger partial charge in [-0.15, -0.1) is 0 Å². The van der Waals surface area contributed by atoms with Crippen LogP contribution in [0.15, 0.2) is 230 Å². The molecule has 0 saturated carbocycles. The Kier molecular flexibility index (Phi) is 6.05. The summed E-state index contributed by atoms with van der Waals surface area (Å²) in [6.07, 6.45) is 0. The number of para-hydroxylation sites is 4. The summed E-state index contributed by atoms with van der Waals surface area (Å²) >= 11 is 0. The van der Waals surface area contributed by atoms with Crippen molar-refractivity contribution >= 4 is 60.4 Å². The Morgan fingerprint density at radius 3 is 1.97 bits per heavy atom. The van der Waals surface area contributed by atoms with Crippen LogP contribution in [-0.4, -0.2) is 4.57 Å². The molecule has 0 N–H and O–H groups in total. The quantitative estimate of drug-likeness (QED) is 0.164. The van der Waals surface area contributed by atoms with Crippen LogP contribution in [-0.2, 0) is 5.41 Å². The lowest BCUT2D eigenvalue weighted by Crippen LogP contribution is -2.29. The molecule has 0 radical (unpaired) electrons. The van der Waals surface area contributed by atoms with E-state index < -0.39 is 29.6 Å². The van der Waals surface area contributed by atoms with Gasteiger partial charge in [-0.05, 0) is 116 Å². The summed E-state index contributed by atoms with van der Waals surface area (Å²) in [6, 6.07) is 61.5. The first-order chi connectivity index (χ1) is 32.2. The minimum atomic E-state index is -1.44. The average molecular weight is 758 g/mol. The summed E-state index contributed by atoms with van der Waals surface area (Å²) in [5.74, 6) is 0. The molecule has 1 aliphatic rings. The highest BCUT2D eigenvalue weighted by molar-refractivity contribution is 6.11. The van der Waals surface area contributed by atoms with E-state index in [9.17, 15) is 5.48 Å². The van der Waals surface area contributed by atoms with Crippen molar-refractivity contribution in [2.45, 2.75) is 5.41 Å². The monoisotopic (exact) mass is 757 g/mol. The number of aromatic nitrogens is 1. The van der Waals surface area contributed by atoms with Crippen LogP contribution >= 0.6 is 0 Å². The Hall–Kier alpha value is -7.68. The van der Waals surface area contributed by atoms with Crippen molar-refractivity contribution in [3.8, 4) is 16.8 Å². The zero-order valence-electron chi connectivity index (χ0n) is 38.8. The molecule has 1 atom stereocenters. The summed E-state index contributed by atoms with van der Waals surface area (Å²) in [7, 11) is 0. The van der Waals surface area contributed by atoms with Gasteiger partial charge in [-0.25, -0.2) is 0 Å². The minimum absolute atomic E-state index is 0.0822. The molecule has 12 rings (SSSR count). The predicted molar refractivity (Wildman–Crippen MR) is 248 cm³/mol. The van der Waals surface area contributed by atoms with E-state index >= 15 is 0 Å². The van der Waals surface area contributed by atoms with Crippen LogP contribution in [0.3, 0.4) is 0 Å². The van der Waals surface area contributed by atoms with Crippen LogP contribution in [0.5, 0.6) is 0 Å². The minimum Gasteiger partial charge on any atom is -0.310 e. The maximum Gasteiger partial charge on any atom is 0.0734 e. The first kappa shape index (κ1) is 27.0. The Morgan fingerprint density at radius 2 is 1.08 bits per heavy atom. The van der Waals surface area contributed by atoms with E-state index in [-0.39, 0.29) is 34.5 Å². The molecule has 59 heavy (non-hydrogen) atoms. The summed E-state index contributed by atoms with van der Waals surface area (Å²) in [6.45, 7) is 0. The van der Waals surface area contributed by atoms with Gasteiger partial charge in [0.05, 0.1) is 26.0 Å². The van der Waals surface area contributed by atoms with Crippen molar-refractivity contribution in [1.29, 1.82) is 0 Å². The fourth-order valence-electron chi connectivity index (χ4n) is 9.58. The van der Waals surface area contributed by atoms with Crippen LogP contribution in [0, 0.1) is 0 Å². The predicted octanol–water partition coefficient (Wildman–Crippen LogP) is 14.9. The highest BCUT2D eigenvalue weighted by Crippen LogP contribution is 2.59. The molecule has 1 aromatic heterocycles. The average Bonchev–Trinajstić information content (AvgIpc) is 3.85. The molecule has 10 aromatic carbocycles. The molecule has 0 saturated heterocycles. The third-order valence-electron chi connectivity index (χ3n) is 12.0. The van der Waals surface area contributed by atoms with Gasteiger partial charge in [0.1, 0.15) is 0 Å². The molecular weight excluding hydrogens is 713 g/mol. The number of hydrogen-bond donors (Lipinski definition) is 0. The van der Waals surface area contributed by atoms with Crippen LogP contribution < -0.4 is 4.90 Å². The second-order valence-corrected chi connectivity index (χ2v) is 15.1. The normalized spacial score (nSPS) is 16.2. The second kappa shape index (κ2) is 13.2. The first-order valence-corrected chi connectivity index (χ1v) is 19.9. The zero-order chi connectivity index (χ0) is 45.0. The van der Waals surface area contributed by atoms with Crippen molar-refractivity contribution in [2.75, 3.05) is 4.90 Å². The lowest BCUT2D eigenvalue weighted by Gasteiger charge is -2.35. The third kappa shape index (κ3) is 5.00. The van der Waals surface area contributed by atoms with E-state index in [2.05, 4.69) is 119 Å². The van der Waals surface area contributed by atoms with Crippen LogP contribution in [0.1, 0.15) is 31.8 Å². The standard InChI is InChI=1S/C57H38N2/c1-3-20-44(21-4-1)58(46-33-31-40-17-8-10-19-42(40)37-46)47-34-35-53-51(38-47)48-24-11-13-27-52(48)57(53,43-32-30-39-16-7-9-18-41(39)36-43)54-28-15-26-50-49-25-12-14-29-55(49)59(56(50)54)45-22-5-2-6-23-45/h1-38H/i7D,9D,16D,18D,30D,32D,36D. The topological polar surface area (TPSA) is 8.17 Å². The summed E-state index contributed by atoms with van der Waals surface area (Å²) in [4.78, 5) is 2.24.